The van der Waals surface area contributed by atoms with E-state index >= 15 is 0 Å². The zero-order valence-corrected chi connectivity index (χ0v) is 13.1. The summed E-state index contributed by atoms with van der Waals surface area (Å²) in [6.07, 6.45) is -4.48. The molecule has 0 fully saturated rings. The van der Waals surface area contributed by atoms with Crippen molar-refractivity contribution in [1.82, 2.24) is 0 Å². The summed E-state index contributed by atoms with van der Waals surface area (Å²) in [6, 6.07) is 11.1. The van der Waals surface area contributed by atoms with Gasteiger partial charge in [0.1, 0.15) is 12.4 Å². The van der Waals surface area contributed by atoms with E-state index in [9.17, 15) is 13.2 Å². The van der Waals surface area contributed by atoms with E-state index in [1.807, 2.05) is 6.07 Å². The van der Waals surface area contributed by atoms with Crippen molar-refractivity contribution in [2.24, 2.45) is 0 Å². The molecule has 0 heterocycles. The molecule has 0 atom stereocenters. The molecule has 0 radical (unpaired) electrons. The van der Waals surface area contributed by atoms with Gasteiger partial charge in [0.15, 0.2) is 0 Å². The van der Waals surface area contributed by atoms with Gasteiger partial charge in [0.05, 0.1) is 5.56 Å². The van der Waals surface area contributed by atoms with Gasteiger partial charge in [0, 0.05) is 15.9 Å². The van der Waals surface area contributed by atoms with E-state index in [1.54, 1.807) is 18.2 Å². The first-order chi connectivity index (χ1) is 9.91. The number of rotatable bonds is 4. The van der Waals surface area contributed by atoms with Gasteiger partial charge < -0.3 is 4.74 Å². The molecule has 0 saturated heterocycles. The molecule has 0 saturated carbocycles. The summed E-state index contributed by atoms with van der Waals surface area (Å²) in [7, 11) is 0. The van der Waals surface area contributed by atoms with Crippen LogP contribution >= 0.6 is 27.5 Å². The van der Waals surface area contributed by atoms with E-state index in [1.165, 1.54) is 12.1 Å². The Morgan fingerprint density at radius 3 is 2.43 bits per heavy atom. The molecular weight excluding hydrogens is 369 g/mol. The number of hydrogen-bond acceptors (Lipinski definition) is 1. The first-order valence-corrected chi connectivity index (χ1v) is 7.37. The molecule has 0 spiro atoms. The topological polar surface area (TPSA) is 9.23 Å². The molecule has 21 heavy (non-hydrogen) atoms. The summed E-state index contributed by atoms with van der Waals surface area (Å²) in [4.78, 5) is 0. The van der Waals surface area contributed by atoms with Crippen molar-refractivity contribution in [3.63, 3.8) is 0 Å². The summed E-state index contributed by atoms with van der Waals surface area (Å²) in [6.45, 7) is 0.0464. The second kappa shape index (κ2) is 6.71. The molecule has 1 nitrogen and oxygen atoms in total. The highest BCUT2D eigenvalue weighted by atomic mass is 79.9. The molecule has 6 heteroatoms. The maximum atomic E-state index is 13.0. The van der Waals surface area contributed by atoms with Crippen LogP contribution in [-0.4, -0.2) is 0 Å². The van der Waals surface area contributed by atoms with Crippen LogP contribution in [0.3, 0.4) is 0 Å². The lowest BCUT2D eigenvalue weighted by atomic mass is 10.1. The molecule has 0 aliphatic heterocycles. The third-order valence-electron chi connectivity index (χ3n) is 2.84. The minimum absolute atomic E-state index is 0.0214. The second-order valence-electron chi connectivity index (χ2n) is 4.34. The van der Waals surface area contributed by atoms with Gasteiger partial charge in [-0.2, -0.15) is 13.2 Å². The average molecular weight is 380 g/mol. The normalized spacial score (nSPS) is 11.5. The Kier molecular flexibility index (Phi) is 5.17. The second-order valence-corrected chi connectivity index (χ2v) is 5.46. The van der Waals surface area contributed by atoms with Gasteiger partial charge in [-0.15, -0.1) is 11.6 Å². The lowest BCUT2D eigenvalue weighted by Crippen LogP contribution is -2.09. The zero-order valence-electron chi connectivity index (χ0n) is 10.8. The molecule has 2 aromatic carbocycles. The van der Waals surface area contributed by atoms with Gasteiger partial charge in [-0.3, -0.25) is 0 Å². The molecule has 2 aromatic rings. The number of halogens is 5. The van der Waals surface area contributed by atoms with Crippen LogP contribution in [0.1, 0.15) is 16.7 Å². The summed E-state index contributed by atoms with van der Waals surface area (Å²) in [5.41, 5.74) is 0.358. The summed E-state index contributed by atoms with van der Waals surface area (Å²) in [5, 5.41) is 0. The third kappa shape index (κ3) is 4.14. The van der Waals surface area contributed by atoms with Crippen LogP contribution in [0.25, 0.3) is 0 Å². The highest BCUT2D eigenvalue weighted by Gasteiger charge is 2.34. The van der Waals surface area contributed by atoms with E-state index in [4.69, 9.17) is 16.3 Å². The zero-order chi connectivity index (χ0) is 15.5. The summed E-state index contributed by atoms with van der Waals surface area (Å²) in [5.74, 6) is -0.180. The quantitative estimate of drug-likeness (QED) is 0.611. The average Bonchev–Trinajstić information content (AvgIpc) is 2.45. The standard InChI is InChI=1S/C15H11BrClF3O/c16-13-4-2-1-3-11(13)9-21-14-6-5-10(8-17)7-12(14)15(18,19)20/h1-7H,8-9H2. The molecule has 2 rings (SSSR count). The van der Waals surface area contributed by atoms with E-state index in [-0.39, 0.29) is 18.2 Å². The fraction of sp³-hybridized carbons (Fsp3) is 0.200. The van der Waals surface area contributed by atoms with Crippen LogP contribution in [-0.2, 0) is 18.7 Å². The summed E-state index contributed by atoms with van der Waals surface area (Å²) >= 11 is 8.91. The molecule has 0 bridgehead atoms. The molecule has 0 N–H and O–H groups in total. The Morgan fingerprint density at radius 2 is 1.81 bits per heavy atom. The Hall–Kier alpha value is -1.20. The lowest BCUT2D eigenvalue weighted by molar-refractivity contribution is -0.139. The van der Waals surface area contributed by atoms with E-state index in [0.717, 1.165) is 16.1 Å². The first kappa shape index (κ1) is 16.2. The molecule has 0 aliphatic carbocycles. The lowest BCUT2D eigenvalue weighted by Gasteiger charge is -2.15. The largest absolute Gasteiger partial charge is 0.488 e. The molecule has 0 aliphatic rings. The highest BCUT2D eigenvalue weighted by molar-refractivity contribution is 9.10. The number of hydrogen-bond donors (Lipinski definition) is 0. The predicted octanol–water partition coefficient (Wildman–Crippen LogP) is 5.79. The molecule has 0 amide bonds. The van der Waals surface area contributed by atoms with Crippen LogP contribution in [0, 0.1) is 0 Å². The van der Waals surface area contributed by atoms with Crippen molar-refractivity contribution >= 4 is 27.5 Å². The highest BCUT2D eigenvalue weighted by Crippen LogP contribution is 2.37. The van der Waals surface area contributed by atoms with Gasteiger partial charge in [-0.25, -0.2) is 0 Å². The number of benzene rings is 2. The van der Waals surface area contributed by atoms with Crippen molar-refractivity contribution in [2.45, 2.75) is 18.7 Å². The molecule has 112 valence electrons. The SMILES string of the molecule is FC(F)(F)c1cc(CCl)ccc1OCc1ccccc1Br. The van der Waals surface area contributed by atoms with Gasteiger partial charge in [0.2, 0.25) is 0 Å². The van der Waals surface area contributed by atoms with Crippen LogP contribution in [0.15, 0.2) is 46.9 Å². The van der Waals surface area contributed by atoms with Gasteiger partial charge in [0.25, 0.3) is 0 Å². The van der Waals surface area contributed by atoms with Crippen LogP contribution in [0.4, 0.5) is 13.2 Å². The van der Waals surface area contributed by atoms with Crippen LogP contribution in [0.5, 0.6) is 5.75 Å². The fourth-order valence-corrected chi connectivity index (χ4v) is 2.34. The van der Waals surface area contributed by atoms with Crippen molar-refractivity contribution < 1.29 is 17.9 Å². The fourth-order valence-electron chi connectivity index (χ4n) is 1.78. The Bertz CT molecular complexity index is 629. The minimum atomic E-state index is -4.48. The van der Waals surface area contributed by atoms with Crippen LogP contribution in [0.2, 0.25) is 0 Å². The van der Waals surface area contributed by atoms with Crippen molar-refractivity contribution in [2.75, 3.05) is 0 Å². The third-order valence-corrected chi connectivity index (χ3v) is 3.93. The monoisotopic (exact) mass is 378 g/mol. The van der Waals surface area contributed by atoms with Crippen molar-refractivity contribution in [3.8, 4) is 5.75 Å². The van der Waals surface area contributed by atoms with Gasteiger partial charge in [-0.05, 0) is 23.8 Å². The van der Waals surface area contributed by atoms with Crippen molar-refractivity contribution in [1.29, 1.82) is 0 Å². The maximum absolute atomic E-state index is 13.0. The Balaban J connectivity index is 2.26. The Labute approximate surface area is 133 Å². The predicted molar refractivity (Wildman–Crippen MR) is 79.5 cm³/mol. The molecule has 0 aromatic heterocycles. The summed E-state index contributed by atoms with van der Waals surface area (Å²) < 4.78 is 45.2. The number of ether oxygens (including phenoxy) is 1. The smallest absolute Gasteiger partial charge is 0.419 e. The van der Waals surface area contributed by atoms with Gasteiger partial charge >= 0.3 is 6.18 Å². The minimum Gasteiger partial charge on any atom is -0.488 e. The Morgan fingerprint density at radius 1 is 1.10 bits per heavy atom. The first-order valence-electron chi connectivity index (χ1n) is 6.04. The molecule has 0 unspecified atom stereocenters. The van der Waals surface area contributed by atoms with Crippen LogP contribution < -0.4 is 4.74 Å². The number of alkyl halides is 4. The maximum Gasteiger partial charge on any atom is 0.419 e. The molecular formula is C15H11BrClF3O. The van der Waals surface area contributed by atoms with E-state index < -0.39 is 11.7 Å². The van der Waals surface area contributed by atoms with Crippen molar-refractivity contribution in [3.05, 3.63) is 63.6 Å². The van der Waals surface area contributed by atoms with Gasteiger partial charge in [-0.1, -0.05) is 40.2 Å². The van der Waals surface area contributed by atoms with E-state index in [2.05, 4.69) is 15.9 Å². The van der Waals surface area contributed by atoms with E-state index in [0.29, 0.717) is 5.56 Å².